The molecule has 4 rings (SSSR count). The molecule has 114 valence electrons. The van der Waals surface area contributed by atoms with Crippen LogP contribution in [0.15, 0.2) is 68.9 Å². The van der Waals surface area contributed by atoms with Crippen LogP contribution in [0.2, 0.25) is 0 Å². The van der Waals surface area contributed by atoms with Gasteiger partial charge in [-0.2, -0.15) is 5.26 Å². The van der Waals surface area contributed by atoms with Gasteiger partial charge in [0.25, 0.3) is 0 Å². The third-order valence-electron chi connectivity index (χ3n) is 3.84. The molecule has 1 aliphatic heterocycles. The molecule has 24 heavy (non-hydrogen) atoms. The van der Waals surface area contributed by atoms with Crippen LogP contribution in [0, 0.1) is 11.3 Å². The van der Waals surface area contributed by atoms with Gasteiger partial charge in [-0.15, -0.1) is 0 Å². The van der Waals surface area contributed by atoms with E-state index in [0.717, 1.165) is 11.4 Å². The smallest absolute Gasteiger partial charge is 0.354 e. The van der Waals surface area contributed by atoms with Gasteiger partial charge >= 0.3 is 5.63 Å². The first-order chi connectivity index (χ1) is 11.8. The second kappa shape index (κ2) is 5.52. The molecule has 0 amide bonds. The average Bonchev–Trinajstić information content (AvgIpc) is 2.83. The highest BCUT2D eigenvalue weighted by atomic mass is 16.4. The first-order valence-electron chi connectivity index (χ1n) is 7.34. The summed E-state index contributed by atoms with van der Waals surface area (Å²) in [5.41, 5.74) is 2.57. The predicted octanol–water partition coefficient (Wildman–Crippen LogP) is 3.83. The van der Waals surface area contributed by atoms with Crippen molar-refractivity contribution in [1.82, 2.24) is 0 Å². The lowest BCUT2D eigenvalue weighted by molar-refractivity contribution is 0.558. The lowest BCUT2D eigenvalue weighted by atomic mass is 9.99. The number of rotatable bonds is 1. The Kier molecular flexibility index (Phi) is 3.22. The van der Waals surface area contributed by atoms with Gasteiger partial charge in [-0.25, -0.2) is 4.79 Å². The zero-order chi connectivity index (χ0) is 16.5. The number of aliphatic imine (C=N–C) groups is 1. The number of hydrogen-bond acceptors (Lipinski definition) is 5. The van der Waals surface area contributed by atoms with Crippen molar-refractivity contribution in [3.63, 3.8) is 0 Å². The Morgan fingerprint density at radius 1 is 1.08 bits per heavy atom. The van der Waals surface area contributed by atoms with Crippen molar-refractivity contribution in [3.8, 4) is 6.07 Å². The van der Waals surface area contributed by atoms with E-state index in [-0.39, 0.29) is 5.56 Å². The fourth-order valence-electron chi connectivity index (χ4n) is 2.73. The van der Waals surface area contributed by atoms with Crippen molar-refractivity contribution in [2.24, 2.45) is 4.99 Å². The number of benzene rings is 2. The van der Waals surface area contributed by atoms with E-state index in [1.165, 1.54) is 0 Å². The largest absolute Gasteiger partial charge is 0.422 e. The SMILES string of the molecule is N#Cc1c(C2=CNc3ccccc3N=C2)c2ccccc2oc1=O. The van der Waals surface area contributed by atoms with Crippen LogP contribution in [0.25, 0.3) is 16.5 Å². The molecule has 0 fully saturated rings. The normalized spacial score (nSPS) is 12.7. The molecule has 2 heterocycles. The summed E-state index contributed by atoms with van der Waals surface area (Å²) in [4.78, 5) is 16.6. The molecule has 0 bridgehead atoms. The molecule has 0 aliphatic carbocycles. The van der Waals surface area contributed by atoms with E-state index in [4.69, 9.17) is 4.42 Å². The van der Waals surface area contributed by atoms with E-state index in [1.54, 1.807) is 24.5 Å². The molecule has 2 aromatic carbocycles. The second-order valence-electron chi connectivity index (χ2n) is 5.27. The molecule has 0 saturated heterocycles. The molecule has 0 atom stereocenters. The third-order valence-corrected chi connectivity index (χ3v) is 3.84. The van der Waals surface area contributed by atoms with Gasteiger partial charge in [-0.3, -0.25) is 4.99 Å². The fourth-order valence-corrected chi connectivity index (χ4v) is 2.73. The van der Waals surface area contributed by atoms with Gasteiger partial charge in [0.15, 0.2) is 0 Å². The Labute approximate surface area is 137 Å². The van der Waals surface area contributed by atoms with Gasteiger partial charge in [0, 0.05) is 28.9 Å². The molecule has 0 spiro atoms. The second-order valence-corrected chi connectivity index (χ2v) is 5.27. The van der Waals surface area contributed by atoms with Gasteiger partial charge < -0.3 is 9.73 Å². The minimum atomic E-state index is -0.651. The number of allylic oxidation sites excluding steroid dienone is 1. The summed E-state index contributed by atoms with van der Waals surface area (Å²) in [6, 6.07) is 16.7. The molecule has 1 aliphatic rings. The van der Waals surface area contributed by atoms with Gasteiger partial charge in [0.05, 0.1) is 11.4 Å². The summed E-state index contributed by atoms with van der Waals surface area (Å²) >= 11 is 0. The van der Waals surface area contributed by atoms with Crippen molar-refractivity contribution in [1.29, 1.82) is 5.26 Å². The molecule has 5 nitrogen and oxygen atoms in total. The summed E-state index contributed by atoms with van der Waals surface area (Å²) in [7, 11) is 0. The number of nitriles is 1. The van der Waals surface area contributed by atoms with Gasteiger partial charge in [0.1, 0.15) is 17.2 Å². The standard InChI is InChI=1S/C19H11N3O2/c20-9-14-18(13-5-1-4-8-17(13)24-19(14)23)12-10-21-15-6-2-3-7-16(15)22-11-12/h1-8,10-11,21H. The molecular weight excluding hydrogens is 302 g/mol. The van der Waals surface area contributed by atoms with E-state index < -0.39 is 5.63 Å². The van der Waals surface area contributed by atoms with Crippen LogP contribution in [-0.2, 0) is 0 Å². The maximum Gasteiger partial charge on any atom is 0.354 e. The van der Waals surface area contributed by atoms with Crippen molar-refractivity contribution in [2.45, 2.75) is 0 Å². The first kappa shape index (κ1) is 14.0. The van der Waals surface area contributed by atoms with E-state index in [2.05, 4.69) is 10.3 Å². The number of para-hydroxylation sites is 3. The fraction of sp³-hybridized carbons (Fsp3) is 0. The number of anilines is 1. The van der Waals surface area contributed by atoms with Crippen LogP contribution in [0.4, 0.5) is 11.4 Å². The first-order valence-corrected chi connectivity index (χ1v) is 7.34. The minimum Gasteiger partial charge on any atom is -0.422 e. The number of fused-ring (bicyclic) bond motifs is 2. The number of nitrogens with one attached hydrogen (secondary N) is 1. The predicted molar refractivity (Wildman–Crippen MR) is 93.4 cm³/mol. The van der Waals surface area contributed by atoms with Crippen molar-refractivity contribution >= 4 is 34.1 Å². The highest BCUT2D eigenvalue weighted by Crippen LogP contribution is 2.31. The third kappa shape index (κ3) is 2.18. The quantitative estimate of drug-likeness (QED) is 0.692. The van der Waals surface area contributed by atoms with Crippen molar-refractivity contribution < 1.29 is 4.42 Å². The summed E-state index contributed by atoms with van der Waals surface area (Å²) in [6.07, 6.45) is 3.40. The molecular formula is C19H11N3O2. The lowest BCUT2D eigenvalue weighted by Crippen LogP contribution is -2.09. The Balaban J connectivity index is 1.99. The Hall–Kier alpha value is -3.65. The van der Waals surface area contributed by atoms with E-state index in [0.29, 0.717) is 22.1 Å². The van der Waals surface area contributed by atoms with Gasteiger partial charge in [0.2, 0.25) is 0 Å². The molecule has 0 unspecified atom stereocenters. The molecule has 0 saturated carbocycles. The van der Waals surface area contributed by atoms with Crippen LogP contribution in [0.1, 0.15) is 11.1 Å². The summed E-state index contributed by atoms with van der Waals surface area (Å²) < 4.78 is 5.24. The zero-order valence-corrected chi connectivity index (χ0v) is 12.5. The molecule has 1 aromatic heterocycles. The van der Waals surface area contributed by atoms with E-state index >= 15 is 0 Å². The van der Waals surface area contributed by atoms with Crippen molar-refractivity contribution in [3.05, 3.63) is 76.3 Å². The van der Waals surface area contributed by atoms with Gasteiger partial charge in [-0.05, 0) is 18.2 Å². The van der Waals surface area contributed by atoms with Crippen LogP contribution in [0.5, 0.6) is 0 Å². The zero-order valence-electron chi connectivity index (χ0n) is 12.5. The topological polar surface area (TPSA) is 78.4 Å². The molecule has 0 radical (unpaired) electrons. The molecule has 5 heteroatoms. The minimum absolute atomic E-state index is 0.0286. The number of hydrogen-bond donors (Lipinski definition) is 1. The van der Waals surface area contributed by atoms with Crippen LogP contribution in [0.3, 0.4) is 0 Å². The number of nitrogens with zero attached hydrogens (tertiary/aromatic N) is 2. The Morgan fingerprint density at radius 2 is 1.88 bits per heavy atom. The highest BCUT2D eigenvalue weighted by Gasteiger charge is 2.18. The van der Waals surface area contributed by atoms with Crippen LogP contribution >= 0.6 is 0 Å². The van der Waals surface area contributed by atoms with Crippen LogP contribution < -0.4 is 10.9 Å². The Bertz CT molecular complexity index is 1120. The summed E-state index contributed by atoms with van der Waals surface area (Å²) in [6.45, 7) is 0. The highest BCUT2D eigenvalue weighted by molar-refractivity contribution is 6.17. The summed E-state index contributed by atoms with van der Waals surface area (Å²) in [5.74, 6) is 0. The summed E-state index contributed by atoms with van der Waals surface area (Å²) in [5, 5.41) is 13.3. The molecule has 3 aromatic rings. The maximum absolute atomic E-state index is 12.2. The van der Waals surface area contributed by atoms with E-state index in [1.807, 2.05) is 42.5 Å². The van der Waals surface area contributed by atoms with E-state index in [9.17, 15) is 10.1 Å². The monoisotopic (exact) mass is 313 g/mol. The van der Waals surface area contributed by atoms with Crippen molar-refractivity contribution in [2.75, 3.05) is 5.32 Å². The van der Waals surface area contributed by atoms with Gasteiger partial charge in [-0.1, -0.05) is 30.3 Å². The molecule has 1 N–H and O–H groups in total. The van der Waals surface area contributed by atoms with Crippen LogP contribution in [-0.4, -0.2) is 6.21 Å². The maximum atomic E-state index is 12.2. The lowest BCUT2D eigenvalue weighted by Gasteiger charge is -2.08. The average molecular weight is 313 g/mol. The Morgan fingerprint density at radius 3 is 2.75 bits per heavy atom.